The van der Waals surface area contributed by atoms with Crippen LogP contribution in [-0.2, 0) is 6.61 Å². The Balaban J connectivity index is 1.93. The predicted molar refractivity (Wildman–Crippen MR) is 118 cm³/mol. The Bertz CT molecular complexity index is 1060. The summed E-state index contributed by atoms with van der Waals surface area (Å²) >= 11 is 12.8. The van der Waals surface area contributed by atoms with E-state index in [0.717, 1.165) is 16.0 Å². The van der Waals surface area contributed by atoms with E-state index in [2.05, 4.69) is 5.16 Å². The van der Waals surface area contributed by atoms with Crippen LogP contribution in [0.2, 0.25) is 10.0 Å². The van der Waals surface area contributed by atoms with Gasteiger partial charge in [-0.25, -0.2) is 4.79 Å². The van der Waals surface area contributed by atoms with E-state index in [-0.39, 0.29) is 12.5 Å². The highest BCUT2D eigenvalue weighted by Gasteiger charge is 2.24. The Morgan fingerprint density at radius 2 is 1.90 bits per heavy atom. The molecule has 0 saturated carbocycles. The van der Waals surface area contributed by atoms with Gasteiger partial charge >= 0.3 is 6.09 Å². The maximum atomic E-state index is 11.2. The third-order valence-electron chi connectivity index (χ3n) is 4.74. The van der Waals surface area contributed by atoms with Gasteiger partial charge in [0.05, 0.1) is 15.6 Å². The fourth-order valence-corrected chi connectivity index (χ4v) is 3.76. The maximum Gasteiger partial charge on any atom is 0.411 e. The van der Waals surface area contributed by atoms with Crippen LogP contribution in [0.1, 0.15) is 36.7 Å². The lowest BCUT2D eigenvalue weighted by Crippen LogP contribution is -2.24. The van der Waals surface area contributed by atoms with Crippen molar-refractivity contribution >= 4 is 35.0 Å². The molecule has 1 amide bonds. The van der Waals surface area contributed by atoms with Gasteiger partial charge in [0.25, 0.3) is 0 Å². The number of carbonyl (C=O) groups is 1. The molecule has 158 valence electrons. The van der Waals surface area contributed by atoms with Gasteiger partial charge in [-0.1, -0.05) is 48.3 Å². The first-order chi connectivity index (χ1) is 14.2. The van der Waals surface area contributed by atoms with Gasteiger partial charge in [0, 0.05) is 24.2 Å². The van der Waals surface area contributed by atoms with E-state index in [9.17, 15) is 9.90 Å². The number of ether oxygens (including phenoxy) is 1. The molecule has 0 fully saturated rings. The van der Waals surface area contributed by atoms with Crippen LogP contribution in [0.3, 0.4) is 0 Å². The first kappa shape index (κ1) is 22.0. The van der Waals surface area contributed by atoms with Gasteiger partial charge in [-0.2, -0.15) is 0 Å². The van der Waals surface area contributed by atoms with Gasteiger partial charge in [0.15, 0.2) is 0 Å². The van der Waals surface area contributed by atoms with Crippen LogP contribution in [0, 0.1) is 6.92 Å². The van der Waals surface area contributed by atoms with Crippen LogP contribution in [0.4, 0.5) is 10.5 Å². The molecule has 30 heavy (non-hydrogen) atoms. The van der Waals surface area contributed by atoms with Crippen molar-refractivity contribution in [3.05, 3.63) is 63.3 Å². The van der Waals surface area contributed by atoms with Gasteiger partial charge in [-0.05, 0) is 42.8 Å². The Morgan fingerprint density at radius 1 is 1.23 bits per heavy atom. The number of aromatic nitrogens is 1. The predicted octanol–water partition coefficient (Wildman–Crippen LogP) is 6.77. The second-order valence-corrected chi connectivity index (χ2v) is 8.02. The second kappa shape index (κ2) is 8.98. The molecule has 3 rings (SSSR count). The van der Waals surface area contributed by atoms with E-state index in [1.165, 1.54) is 7.05 Å². The molecule has 0 unspecified atom stereocenters. The molecule has 0 aliphatic heterocycles. The normalized spacial score (nSPS) is 11.0. The lowest BCUT2D eigenvalue weighted by atomic mass is 10.0. The molecule has 1 N–H and O–H groups in total. The molecule has 0 spiro atoms. The molecule has 1 heterocycles. The number of hydrogen-bond acceptors (Lipinski definition) is 4. The highest BCUT2D eigenvalue weighted by atomic mass is 35.5. The molecule has 3 aromatic rings. The summed E-state index contributed by atoms with van der Waals surface area (Å²) in [5.41, 5.74) is 3.29. The summed E-state index contributed by atoms with van der Waals surface area (Å²) in [5, 5.41) is 14.4. The standard InChI is InChI=1S/C22H22Cl2N2O4/c1-12(2)21-15(20(25-30-21)19-16(23)6-5-7-17(19)24)11-29-14-8-9-18(13(3)10-14)26(4)22(27)28/h5-10,12H,11H2,1-4H3,(H,27,28). The van der Waals surface area contributed by atoms with Crippen molar-refractivity contribution in [1.82, 2.24) is 5.16 Å². The largest absolute Gasteiger partial charge is 0.489 e. The molecule has 8 heteroatoms. The van der Waals surface area contributed by atoms with E-state index in [4.69, 9.17) is 32.5 Å². The third-order valence-corrected chi connectivity index (χ3v) is 5.37. The maximum absolute atomic E-state index is 11.2. The van der Waals surface area contributed by atoms with Crippen LogP contribution < -0.4 is 9.64 Å². The minimum atomic E-state index is -1.03. The summed E-state index contributed by atoms with van der Waals surface area (Å²) < 4.78 is 11.6. The summed E-state index contributed by atoms with van der Waals surface area (Å²) in [5.74, 6) is 1.38. The summed E-state index contributed by atoms with van der Waals surface area (Å²) in [4.78, 5) is 12.4. The molecule has 0 aliphatic carbocycles. The lowest BCUT2D eigenvalue weighted by molar-refractivity contribution is 0.203. The van der Waals surface area contributed by atoms with Gasteiger partial charge in [-0.3, -0.25) is 4.90 Å². The van der Waals surface area contributed by atoms with Crippen molar-refractivity contribution < 1.29 is 19.2 Å². The highest BCUT2D eigenvalue weighted by Crippen LogP contribution is 2.39. The molecule has 6 nitrogen and oxygen atoms in total. The molecule has 0 bridgehead atoms. The fraction of sp³-hybridized carbons (Fsp3) is 0.273. The Hall–Kier alpha value is -2.70. The number of carboxylic acid groups (broad SMARTS) is 1. The SMILES string of the molecule is Cc1cc(OCc2c(-c3c(Cl)cccc3Cl)noc2C(C)C)ccc1N(C)C(=O)O. The van der Waals surface area contributed by atoms with Gasteiger partial charge in [0.2, 0.25) is 0 Å². The number of aryl methyl sites for hydroxylation is 1. The van der Waals surface area contributed by atoms with Crippen LogP contribution in [0.5, 0.6) is 5.75 Å². The number of hydrogen-bond donors (Lipinski definition) is 1. The zero-order valence-electron chi connectivity index (χ0n) is 17.1. The second-order valence-electron chi connectivity index (χ2n) is 7.20. The topological polar surface area (TPSA) is 75.8 Å². The van der Waals surface area contributed by atoms with E-state index in [1.807, 2.05) is 20.8 Å². The number of anilines is 1. The van der Waals surface area contributed by atoms with Crippen molar-refractivity contribution in [2.75, 3.05) is 11.9 Å². The van der Waals surface area contributed by atoms with Crippen molar-refractivity contribution in [3.63, 3.8) is 0 Å². The number of halogens is 2. The average Bonchev–Trinajstić information content (AvgIpc) is 3.09. The Kier molecular flexibility index (Phi) is 6.58. The number of nitrogens with zero attached hydrogens (tertiary/aromatic N) is 2. The molecular weight excluding hydrogens is 427 g/mol. The van der Waals surface area contributed by atoms with Crippen LogP contribution in [0.25, 0.3) is 11.3 Å². The van der Waals surface area contributed by atoms with Crippen molar-refractivity contribution in [1.29, 1.82) is 0 Å². The molecule has 1 aromatic heterocycles. The zero-order valence-corrected chi connectivity index (χ0v) is 18.6. The molecule has 0 saturated heterocycles. The van der Waals surface area contributed by atoms with Crippen molar-refractivity contribution in [2.24, 2.45) is 0 Å². The monoisotopic (exact) mass is 448 g/mol. The first-order valence-electron chi connectivity index (χ1n) is 9.33. The third kappa shape index (κ3) is 4.40. The quantitative estimate of drug-likeness (QED) is 0.449. The minimum absolute atomic E-state index is 0.0828. The van der Waals surface area contributed by atoms with Crippen molar-refractivity contribution in [2.45, 2.75) is 33.3 Å². The van der Waals surface area contributed by atoms with Crippen LogP contribution >= 0.6 is 23.2 Å². The highest BCUT2D eigenvalue weighted by molar-refractivity contribution is 6.39. The summed E-state index contributed by atoms with van der Waals surface area (Å²) in [7, 11) is 1.50. The van der Waals surface area contributed by atoms with Crippen LogP contribution in [0.15, 0.2) is 40.9 Å². The van der Waals surface area contributed by atoms with Crippen LogP contribution in [-0.4, -0.2) is 23.4 Å². The Labute approximate surface area is 185 Å². The summed E-state index contributed by atoms with van der Waals surface area (Å²) in [6.45, 7) is 6.03. The average molecular weight is 449 g/mol. The van der Waals surface area contributed by atoms with E-state index in [0.29, 0.717) is 38.5 Å². The molecule has 0 atom stereocenters. The molecule has 0 radical (unpaired) electrons. The molecule has 0 aliphatic rings. The molecular formula is C22H22Cl2N2O4. The lowest BCUT2D eigenvalue weighted by Gasteiger charge is -2.17. The summed E-state index contributed by atoms with van der Waals surface area (Å²) in [6, 6.07) is 10.5. The summed E-state index contributed by atoms with van der Waals surface area (Å²) in [6.07, 6.45) is -1.03. The van der Waals surface area contributed by atoms with Crippen molar-refractivity contribution in [3.8, 4) is 17.0 Å². The smallest absolute Gasteiger partial charge is 0.411 e. The van der Waals surface area contributed by atoms with Gasteiger partial charge in [-0.15, -0.1) is 0 Å². The zero-order chi connectivity index (χ0) is 22.0. The number of rotatable bonds is 6. The molecule has 2 aromatic carbocycles. The number of amides is 1. The first-order valence-corrected chi connectivity index (χ1v) is 10.1. The fourth-order valence-electron chi connectivity index (χ4n) is 3.19. The number of benzene rings is 2. The van der Waals surface area contributed by atoms with E-state index >= 15 is 0 Å². The van der Waals surface area contributed by atoms with Gasteiger partial charge < -0.3 is 14.4 Å². The minimum Gasteiger partial charge on any atom is -0.489 e. The van der Waals surface area contributed by atoms with Gasteiger partial charge in [0.1, 0.15) is 23.8 Å². The van der Waals surface area contributed by atoms with E-state index < -0.39 is 6.09 Å². The Morgan fingerprint density at radius 3 is 2.47 bits per heavy atom. The van der Waals surface area contributed by atoms with E-state index in [1.54, 1.807) is 36.4 Å².